The second-order valence-electron chi connectivity index (χ2n) is 9.07. The number of rotatable bonds is 8. The summed E-state index contributed by atoms with van der Waals surface area (Å²) in [5.74, 6) is 1.63. The van der Waals surface area contributed by atoms with Crippen molar-refractivity contribution in [2.75, 3.05) is 26.3 Å². The predicted molar refractivity (Wildman–Crippen MR) is 120 cm³/mol. The number of hydrogen-bond donors (Lipinski definition) is 1. The first-order valence-electron chi connectivity index (χ1n) is 11.5. The van der Waals surface area contributed by atoms with Gasteiger partial charge in [0.25, 0.3) is 0 Å². The van der Waals surface area contributed by atoms with Gasteiger partial charge in [0.1, 0.15) is 0 Å². The van der Waals surface area contributed by atoms with Crippen LogP contribution in [0, 0.1) is 11.8 Å². The molecule has 8 heteroatoms. The number of hydrogen-bond acceptors (Lipinski definition) is 5. The van der Waals surface area contributed by atoms with Crippen LogP contribution in [0.15, 0.2) is 23.1 Å². The minimum Gasteiger partial charge on any atom is -0.490 e. The fourth-order valence-corrected chi connectivity index (χ4v) is 5.56. The minimum atomic E-state index is -3.63. The molecule has 0 bridgehead atoms. The largest absolute Gasteiger partial charge is 0.490 e. The average Bonchev–Trinajstić information content (AvgIpc) is 2.98. The molecule has 1 saturated heterocycles. The van der Waals surface area contributed by atoms with Crippen LogP contribution in [0.2, 0.25) is 0 Å². The molecule has 1 aromatic carbocycles. The van der Waals surface area contributed by atoms with Crippen molar-refractivity contribution in [3.63, 3.8) is 0 Å². The van der Waals surface area contributed by atoms with Crippen molar-refractivity contribution < 1.29 is 22.7 Å². The quantitative estimate of drug-likeness (QED) is 0.652. The maximum absolute atomic E-state index is 13.1. The van der Waals surface area contributed by atoms with Gasteiger partial charge in [-0.3, -0.25) is 4.79 Å². The number of carbonyl (C=O) groups is 1. The molecular formula is C23H36N2O5S. The van der Waals surface area contributed by atoms with E-state index in [1.807, 2.05) is 6.92 Å². The number of amides is 1. The number of fused-ring (bicyclic) bond motifs is 1. The molecule has 2 heterocycles. The molecule has 2 aliphatic rings. The summed E-state index contributed by atoms with van der Waals surface area (Å²) in [5.41, 5.74) is 0. The molecule has 1 N–H and O–H groups in total. The van der Waals surface area contributed by atoms with E-state index in [-0.39, 0.29) is 22.8 Å². The molecule has 1 aromatic rings. The number of nitrogens with zero attached hydrogens (tertiary/aromatic N) is 1. The first kappa shape index (κ1) is 23.9. The highest BCUT2D eigenvalue weighted by molar-refractivity contribution is 7.89. The second kappa shape index (κ2) is 10.7. The summed E-state index contributed by atoms with van der Waals surface area (Å²) in [4.78, 5) is 12.8. The monoisotopic (exact) mass is 452 g/mol. The van der Waals surface area contributed by atoms with E-state index >= 15 is 0 Å². The lowest BCUT2D eigenvalue weighted by Gasteiger charge is -2.31. The number of piperidine rings is 1. The van der Waals surface area contributed by atoms with Crippen LogP contribution in [0.3, 0.4) is 0 Å². The standard InChI is InChI=1S/C23H36N2O5S/c1-17(2)6-4-7-18(3)24-23(26)19-10-12-25(13-11-19)31(27,28)20-8-9-21-22(16-20)30-15-5-14-29-21/h8-9,16-19H,4-7,10-15H2,1-3H3,(H,24,26)/t18-/m0/s1. The Morgan fingerprint density at radius 1 is 1.10 bits per heavy atom. The summed E-state index contributed by atoms with van der Waals surface area (Å²) in [5, 5.41) is 3.11. The van der Waals surface area contributed by atoms with Gasteiger partial charge < -0.3 is 14.8 Å². The molecule has 31 heavy (non-hydrogen) atoms. The van der Waals surface area contributed by atoms with E-state index in [9.17, 15) is 13.2 Å². The van der Waals surface area contributed by atoms with Crippen molar-refractivity contribution in [1.82, 2.24) is 9.62 Å². The zero-order chi connectivity index (χ0) is 22.4. The highest BCUT2D eigenvalue weighted by atomic mass is 32.2. The highest BCUT2D eigenvalue weighted by Crippen LogP contribution is 2.33. The molecule has 0 saturated carbocycles. The fraction of sp³-hybridized carbons (Fsp3) is 0.696. The molecule has 0 unspecified atom stereocenters. The van der Waals surface area contributed by atoms with Crippen molar-refractivity contribution in [2.24, 2.45) is 11.8 Å². The Morgan fingerprint density at radius 2 is 1.77 bits per heavy atom. The number of carbonyl (C=O) groups excluding carboxylic acids is 1. The summed E-state index contributed by atoms with van der Waals surface area (Å²) in [6, 6.07) is 4.93. The average molecular weight is 453 g/mol. The van der Waals surface area contributed by atoms with Crippen molar-refractivity contribution in [3.8, 4) is 11.5 Å². The molecule has 0 aliphatic carbocycles. The summed E-state index contributed by atoms with van der Waals surface area (Å²) in [7, 11) is -3.63. The van der Waals surface area contributed by atoms with Gasteiger partial charge in [0.15, 0.2) is 11.5 Å². The lowest BCUT2D eigenvalue weighted by atomic mass is 9.96. The van der Waals surface area contributed by atoms with E-state index < -0.39 is 10.0 Å². The summed E-state index contributed by atoms with van der Waals surface area (Å²) in [6.07, 6.45) is 5.08. The Morgan fingerprint density at radius 3 is 2.45 bits per heavy atom. The third-order valence-corrected chi connectivity index (χ3v) is 7.88. The normalized spacial score (nSPS) is 19.1. The van der Waals surface area contributed by atoms with Crippen LogP contribution in [-0.2, 0) is 14.8 Å². The third kappa shape index (κ3) is 6.35. The van der Waals surface area contributed by atoms with E-state index in [0.29, 0.717) is 56.6 Å². The van der Waals surface area contributed by atoms with Gasteiger partial charge in [0, 0.05) is 37.5 Å². The minimum absolute atomic E-state index is 0.0460. The Balaban J connectivity index is 1.54. The maximum Gasteiger partial charge on any atom is 0.243 e. The Bertz CT molecular complexity index is 848. The van der Waals surface area contributed by atoms with E-state index in [1.54, 1.807) is 18.2 Å². The van der Waals surface area contributed by atoms with Gasteiger partial charge in [-0.05, 0) is 44.2 Å². The van der Waals surface area contributed by atoms with Gasteiger partial charge in [-0.2, -0.15) is 4.31 Å². The molecule has 2 aliphatic heterocycles. The topological polar surface area (TPSA) is 84.9 Å². The van der Waals surface area contributed by atoms with Crippen LogP contribution in [0.5, 0.6) is 11.5 Å². The number of sulfonamides is 1. The lowest BCUT2D eigenvalue weighted by Crippen LogP contribution is -2.44. The highest BCUT2D eigenvalue weighted by Gasteiger charge is 2.33. The maximum atomic E-state index is 13.1. The molecule has 3 rings (SSSR count). The third-order valence-electron chi connectivity index (χ3n) is 5.99. The van der Waals surface area contributed by atoms with Crippen LogP contribution in [-0.4, -0.2) is 51.0 Å². The molecule has 7 nitrogen and oxygen atoms in total. The predicted octanol–water partition coefficient (Wildman–Crippen LogP) is 3.58. The van der Waals surface area contributed by atoms with Crippen LogP contribution in [0.1, 0.15) is 59.3 Å². The van der Waals surface area contributed by atoms with Gasteiger partial charge in [0.2, 0.25) is 15.9 Å². The van der Waals surface area contributed by atoms with Crippen molar-refractivity contribution in [1.29, 1.82) is 0 Å². The first-order valence-corrected chi connectivity index (χ1v) is 12.9. The van der Waals surface area contributed by atoms with Gasteiger partial charge in [-0.1, -0.05) is 26.7 Å². The second-order valence-corrected chi connectivity index (χ2v) is 11.0. The van der Waals surface area contributed by atoms with Gasteiger partial charge >= 0.3 is 0 Å². The van der Waals surface area contributed by atoms with Crippen molar-refractivity contribution in [3.05, 3.63) is 18.2 Å². The summed E-state index contributed by atoms with van der Waals surface area (Å²) >= 11 is 0. The fourth-order valence-electron chi connectivity index (χ4n) is 4.08. The van der Waals surface area contributed by atoms with Gasteiger partial charge in [-0.15, -0.1) is 0 Å². The smallest absolute Gasteiger partial charge is 0.243 e. The molecule has 0 radical (unpaired) electrons. The number of ether oxygens (including phenoxy) is 2. The molecule has 0 aromatic heterocycles. The molecule has 174 valence electrons. The molecule has 1 atom stereocenters. The Kier molecular flexibility index (Phi) is 8.22. The van der Waals surface area contributed by atoms with Crippen molar-refractivity contribution >= 4 is 15.9 Å². The van der Waals surface area contributed by atoms with Crippen LogP contribution in [0.25, 0.3) is 0 Å². The first-order chi connectivity index (χ1) is 14.8. The molecule has 0 spiro atoms. The number of nitrogens with one attached hydrogen (secondary N) is 1. The Hall–Kier alpha value is -1.80. The van der Waals surface area contributed by atoms with Crippen LogP contribution in [0.4, 0.5) is 0 Å². The van der Waals surface area contributed by atoms with Crippen LogP contribution >= 0.6 is 0 Å². The molecule has 1 fully saturated rings. The van der Waals surface area contributed by atoms with E-state index in [1.165, 1.54) is 4.31 Å². The number of benzene rings is 1. The molecule has 1 amide bonds. The van der Waals surface area contributed by atoms with Gasteiger partial charge in [0.05, 0.1) is 18.1 Å². The van der Waals surface area contributed by atoms with E-state index in [4.69, 9.17) is 9.47 Å². The van der Waals surface area contributed by atoms with Gasteiger partial charge in [-0.25, -0.2) is 8.42 Å². The summed E-state index contributed by atoms with van der Waals surface area (Å²) < 4.78 is 38.9. The van der Waals surface area contributed by atoms with Crippen LogP contribution < -0.4 is 14.8 Å². The zero-order valence-corrected chi connectivity index (χ0v) is 19.7. The Labute approximate surface area is 186 Å². The SMILES string of the molecule is CC(C)CCC[C@H](C)NC(=O)C1CCN(S(=O)(=O)c2ccc3c(c2)OCCCO3)CC1. The molecular weight excluding hydrogens is 416 g/mol. The van der Waals surface area contributed by atoms with Crippen molar-refractivity contribution in [2.45, 2.75) is 70.2 Å². The zero-order valence-electron chi connectivity index (χ0n) is 18.9. The van der Waals surface area contributed by atoms with E-state index in [2.05, 4.69) is 19.2 Å². The summed E-state index contributed by atoms with van der Waals surface area (Å²) in [6.45, 7) is 8.21. The van der Waals surface area contributed by atoms with E-state index in [0.717, 1.165) is 25.7 Å². The lowest BCUT2D eigenvalue weighted by molar-refractivity contribution is -0.126.